The summed E-state index contributed by atoms with van der Waals surface area (Å²) in [5, 5.41) is 0. The molecular formula is C5H6F5O. The molecule has 0 rings (SSSR count). The highest BCUT2D eigenvalue weighted by Crippen LogP contribution is 2.29. The Bertz CT molecular complexity index is 115. The van der Waals surface area contributed by atoms with Crippen LogP contribution in [0.5, 0.6) is 0 Å². The van der Waals surface area contributed by atoms with Crippen LogP contribution in [0.3, 0.4) is 0 Å². The zero-order valence-electron chi connectivity index (χ0n) is 5.58. The standard InChI is InChI=1S/C5H6F5O/c1-2-3(6)5(9,10)11-4(7)8/h3H,2H2,1H3. The Morgan fingerprint density at radius 1 is 1.45 bits per heavy atom. The summed E-state index contributed by atoms with van der Waals surface area (Å²) in [6.45, 7) is -1.84. The Kier molecular flexibility index (Phi) is 3.71. The average Bonchev–Trinajstić information content (AvgIpc) is 1.83. The molecule has 0 amide bonds. The first-order valence-electron chi connectivity index (χ1n) is 2.79. The van der Waals surface area contributed by atoms with Gasteiger partial charge < -0.3 is 0 Å². The van der Waals surface area contributed by atoms with Gasteiger partial charge in [-0.15, -0.1) is 0 Å². The molecule has 0 saturated heterocycles. The highest BCUT2D eigenvalue weighted by atomic mass is 19.3. The van der Waals surface area contributed by atoms with Gasteiger partial charge in [0.15, 0.2) is 6.17 Å². The van der Waals surface area contributed by atoms with Gasteiger partial charge in [0.2, 0.25) is 0 Å². The molecule has 0 aliphatic rings. The minimum atomic E-state index is -4.42. The summed E-state index contributed by atoms with van der Waals surface area (Å²) >= 11 is 0. The maximum atomic E-state index is 12.0. The van der Waals surface area contributed by atoms with Crippen LogP contribution in [0.4, 0.5) is 22.0 Å². The van der Waals surface area contributed by atoms with Crippen molar-refractivity contribution in [2.45, 2.75) is 25.6 Å². The molecule has 67 valence electrons. The smallest absolute Gasteiger partial charge is 0.246 e. The fourth-order valence-electron chi connectivity index (χ4n) is 0.404. The zero-order chi connectivity index (χ0) is 9.07. The fraction of sp³-hybridized carbons (Fsp3) is 0.800. The fourth-order valence-corrected chi connectivity index (χ4v) is 0.404. The largest absolute Gasteiger partial charge is 0.453 e. The van der Waals surface area contributed by atoms with Gasteiger partial charge in [-0.25, -0.2) is 9.13 Å². The third-order valence-electron chi connectivity index (χ3n) is 0.936. The van der Waals surface area contributed by atoms with Crippen LogP contribution in [-0.4, -0.2) is 12.3 Å². The highest BCUT2D eigenvalue weighted by molar-refractivity contribution is 4.66. The summed E-state index contributed by atoms with van der Waals surface area (Å²) in [5.41, 5.74) is 0. The van der Waals surface area contributed by atoms with Crippen molar-refractivity contribution >= 4 is 0 Å². The molecule has 0 heterocycles. The van der Waals surface area contributed by atoms with Gasteiger partial charge in [-0.1, -0.05) is 6.92 Å². The number of hydrogen-bond acceptors (Lipinski definition) is 1. The Morgan fingerprint density at radius 3 is 2.18 bits per heavy atom. The molecule has 0 N–H and O–H groups in total. The van der Waals surface area contributed by atoms with E-state index in [9.17, 15) is 22.0 Å². The molecule has 1 atom stereocenters. The van der Waals surface area contributed by atoms with Crippen molar-refractivity contribution in [3.8, 4) is 0 Å². The Morgan fingerprint density at radius 2 is 1.91 bits per heavy atom. The lowest BCUT2D eigenvalue weighted by Crippen LogP contribution is -2.32. The molecular weight excluding hydrogens is 171 g/mol. The van der Waals surface area contributed by atoms with Gasteiger partial charge in [0.25, 0.3) is 0 Å². The van der Waals surface area contributed by atoms with Crippen molar-refractivity contribution < 1.29 is 26.7 Å². The second-order valence-corrected chi connectivity index (χ2v) is 1.77. The normalized spacial score (nSPS) is 15.5. The van der Waals surface area contributed by atoms with E-state index in [4.69, 9.17) is 0 Å². The van der Waals surface area contributed by atoms with Crippen molar-refractivity contribution in [3.63, 3.8) is 0 Å². The summed E-state index contributed by atoms with van der Waals surface area (Å²) in [7, 11) is 0. The predicted molar refractivity (Wildman–Crippen MR) is 26.7 cm³/mol. The van der Waals surface area contributed by atoms with Crippen LogP contribution in [0.15, 0.2) is 0 Å². The third kappa shape index (κ3) is 3.50. The molecule has 1 nitrogen and oxygen atoms in total. The summed E-state index contributed by atoms with van der Waals surface area (Å²) in [4.78, 5) is 0. The average molecular weight is 177 g/mol. The molecule has 0 fully saturated rings. The van der Waals surface area contributed by atoms with E-state index in [1.165, 1.54) is 0 Å². The van der Waals surface area contributed by atoms with Crippen LogP contribution in [0.25, 0.3) is 0 Å². The van der Waals surface area contributed by atoms with Crippen LogP contribution in [0.1, 0.15) is 13.3 Å². The molecule has 0 saturated carbocycles. The van der Waals surface area contributed by atoms with Crippen molar-refractivity contribution in [1.29, 1.82) is 0 Å². The van der Waals surface area contributed by atoms with E-state index >= 15 is 0 Å². The number of halogens is 5. The summed E-state index contributed by atoms with van der Waals surface area (Å²) in [5.74, 6) is 0. The molecule has 0 bridgehead atoms. The minimum Gasteiger partial charge on any atom is -0.246 e. The molecule has 6 heteroatoms. The van der Waals surface area contributed by atoms with Gasteiger partial charge in [-0.05, 0) is 6.42 Å². The maximum Gasteiger partial charge on any atom is 0.453 e. The van der Waals surface area contributed by atoms with E-state index in [0.717, 1.165) is 6.92 Å². The van der Waals surface area contributed by atoms with E-state index in [-0.39, 0.29) is 0 Å². The molecule has 0 aromatic rings. The number of rotatable bonds is 4. The first-order valence-corrected chi connectivity index (χ1v) is 2.79. The SMILES string of the molecule is CCC(F)C(F)(F)O[C](F)F. The Labute approximate surface area is 60.1 Å². The molecule has 0 aromatic carbocycles. The lowest BCUT2D eigenvalue weighted by molar-refractivity contribution is -0.300. The summed E-state index contributed by atoms with van der Waals surface area (Å²) < 4.78 is 60.8. The minimum absolute atomic E-state index is 0.583. The quantitative estimate of drug-likeness (QED) is 0.600. The lowest BCUT2D eigenvalue weighted by atomic mass is 10.3. The van der Waals surface area contributed by atoms with Gasteiger partial charge >= 0.3 is 12.7 Å². The molecule has 0 aliphatic carbocycles. The van der Waals surface area contributed by atoms with Crippen LogP contribution >= 0.6 is 0 Å². The van der Waals surface area contributed by atoms with Crippen molar-refractivity contribution in [3.05, 3.63) is 6.61 Å². The van der Waals surface area contributed by atoms with E-state index in [1.54, 1.807) is 0 Å². The van der Waals surface area contributed by atoms with Crippen molar-refractivity contribution in [2.24, 2.45) is 0 Å². The van der Waals surface area contributed by atoms with Gasteiger partial charge in [0.1, 0.15) is 0 Å². The highest BCUT2D eigenvalue weighted by Gasteiger charge is 2.43. The van der Waals surface area contributed by atoms with E-state index in [1.807, 2.05) is 0 Å². The van der Waals surface area contributed by atoms with Crippen molar-refractivity contribution in [2.75, 3.05) is 0 Å². The molecule has 11 heavy (non-hydrogen) atoms. The van der Waals surface area contributed by atoms with E-state index < -0.39 is 25.3 Å². The molecule has 0 aromatic heterocycles. The zero-order valence-corrected chi connectivity index (χ0v) is 5.58. The summed E-state index contributed by atoms with van der Waals surface area (Å²) in [6, 6.07) is 0. The van der Waals surface area contributed by atoms with Crippen LogP contribution in [-0.2, 0) is 4.74 Å². The van der Waals surface area contributed by atoms with Crippen LogP contribution in [0.2, 0.25) is 0 Å². The first-order chi connectivity index (χ1) is 4.90. The Hall–Kier alpha value is -0.390. The van der Waals surface area contributed by atoms with Crippen LogP contribution in [0, 0.1) is 6.61 Å². The van der Waals surface area contributed by atoms with Crippen molar-refractivity contribution in [1.82, 2.24) is 0 Å². The second-order valence-electron chi connectivity index (χ2n) is 1.77. The topological polar surface area (TPSA) is 9.23 Å². The molecule has 1 radical (unpaired) electrons. The number of hydrogen-bond donors (Lipinski definition) is 0. The third-order valence-corrected chi connectivity index (χ3v) is 0.936. The molecule has 0 aliphatic heterocycles. The second kappa shape index (κ2) is 3.85. The Balaban J connectivity index is 3.98. The maximum absolute atomic E-state index is 12.0. The van der Waals surface area contributed by atoms with Gasteiger partial charge in [0, 0.05) is 0 Å². The number of ether oxygens (including phenoxy) is 1. The monoisotopic (exact) mass is 177 g/mol. The molecule has 1 unspecified atom stereocenters. The first kappa shape index (κ1) is 10.6. The van der Waals surface area contributed by atoms with E-state index in [0.29, 0.717) is 0 Å². The van der Waals surface area contributed by atoms with Gasteiger partial charge in [0.05, 0.1) is 0 Å². The van der Waals surface area contributed by atoms with Gasteiger partial charge in [-0.3, -0.25) is 0 Å². The molecule has 0 spiro atoms. The summed E-state index contributed by atoms with van der Waals surface area (Å²) in [6.07, 6.45) is -7.71. The van der Waals surface area contributed by atoms with Gasteiger partial charge in [-0.2, -0.15) is 17.6 Å². The van der Waals surface area contributed by atoms with Crippen LogP contribution < -0.4 is 0 Å². The number of alkyl halides is 3. The predicted octanol–water partition coefficient (Wildman–Crippen LogP) is 2.73. The van der Waals surface area contributed by atoms with E-state index in [2.05, 4.69) is 4.74 Å². The lowest BCUT2D eigenvalue weighted by Gasteiger charge is -2.17.